The van der Waals surface area contributed by atoms with Crippen LogP contribution in [-0.4, -0.2) is 71.8 Å². The highest BCUT2D eigenvalue weighted by molar-refractivity contribution is 7.89. The lowest BCUT2D eigenvalue weighted by Gasteiger charge is -2.34. The molecule has 1 aliphatic rings. The van der Waals surface area contributed by atoms with Crippen LogP contribution in [0.15, 0.2) is 17.3 Å². The molecule has 8 heteroatoms. The van der Waals surface area contributed by atoms with Crippen LogP contribution in [0, 0.1) is 5.92 Å². The minimum absolute atomic E-state index is 0.0605. The summed E-state index contributed by atoms with van der Waals surface area (Å²) in [6.45, 7) is 8.14. The SMILES string of the molecule is CC(C)CN1CCN(S(=O)(=O)c2cnn(CCO)c2)CC1. The summed E-state index contributed by atoms with van der Waals surface area (Å²) in [5.74, 6) is 0.588. The molecule has 0 bridgehead atoms. The maximum atomic E-state index is 12.5. The van der Waals surface area contributed by atoms with Gasteiger partial charge in [-0.15, -0.1) is 0 Å². The third kappa shape index (κ3) is 4.03. The van der Waals surface area contributed by atoms with Crippen molar-refractivity contribution in [3.05, 3.63) is 12.4 Å². The Morgan fingerprint density at radius 1 is 1.29 bits per heavy atom. The van der Waals surface area contributed by atoms with Crippen LogP contribution in [0.5, 0.6) is 0 Å². The molecule has 1 fully saturated rings. The Balaban J connectivity index is 2.00. The van der Waals surface area contributed by atoms with E-state index in [0.717, 1.165) is 19.6 Å². The van der Waals surface area contributed by atoms with E-state index in [1.807, 2.05) is 0 Å². The number of hydrogen-bond donors (Lipinski definition) is 1. The van der Waals surface area contributed by atoms with Crippen molar-refractivity contribution in [2.45, 2.75) is 25.3 Å². The maximum absolute atomic E-state index is 12.5. The van der Waals surface area contributed by atoms with E-state index in [1.165, 1.54) is 21.4 Å². The van der Waals surface area contributed by atoms with Gasteiger partial charge in [0.1, 0.15) is 4.90 Å². The van der Waals surface area contributed by atoms with Crippen molar-refractivity contribution >= 4 is 10.0 Å². The highest BCUT2D eigenvalue weighted by atomic mass is 32.2. The summed E-state index contributed by atoms with van der Waals surface area (Å²) >= 11 is 0. The van der Waals surface area contributed by atoms with Crippen molar-refractivity contribution in [1.82, 2.24) is 19.0 Å². The molecule has 7 nitrogen and oxygen atoms in total. The summed E-state index contributed by atoms with van der Waals surface area (Å²) in [4.78, 5) is 2.50. The number of aliphatic hydroxyl groups is 1. The highest BCUT2D eigenvalue weighted by Gasteiger charge is 2.29. The Bertz CT molecular complexity index is 548. The zero-order chi connectivity index (χ0) is 15.5. The molecule has 1 aromatic heterocycles. The number of hydrogen-bond acceptors (Lipinski definition) is 5. The Kier molecular flexibility index (Phi) is 5.37. The summed E-state index contributed by atoms with van der Waals surface area (Å²) in [5.41, 5.74) is 0. The van der Waals surface area contributed by atoms with E-state index in [2.05, 4.69) is 23.8 Å². The molecule has 0 radical (unpaired) electrons. The van der Waals surface area contributed by atoms with Crippen molar-refractivity contribution in [2.24, 2.45) is 5.92 Å². The molecule has 0 aromatic carbocycles. The molecule has 1 aromatic rings. The molecule has 0 aliphatic carbocycles. The van der Waals surface area contributed by atoms with E-state index in [0.29, 0.717) is 25.6 Å². The molecule has 1 aliphatic heterocycles. The zero-order valence-electron chi connectivity index (χ0n) is 12.6. The van der Waals surface area contributed by atoms with Crippen molar-refractivity contribution in [3.8, 4) is 0 Å². The molecule has 1 N–H and O–H groups in total. The monoisotopic (exact) mass is 316 g/mol. The van der Waals surface area contributed by atoms with E-state index >= 15 is 0 Å². The summed E-state index contributed by atoms with van der Waals surface area (Å²) in [6.07, 6.45) is 2.83. The fourth-order valence-corrected chi connectivity index (χ4v) is 3.90. The Hall–Kier alpha value is -0.960. The first kappa shape index (κ1) is 16.4. The lowest BCUT2D eigenvalue weighted by atomic mass is 10.2. The second-order valence-corrected chi connectivity index (χ2v) is 7.70. The predicted octanol–water partition coefficient (Wildman–Crippen LogP) is -0.162. The second-order valence-electron chi connectivity index (χ2n) is 5.76. The van der Waals surface area contributed by atoms with E-state index in [-0.39, 0.29) is 11.5 Å². The van der Waals surface area contributed by atoms with Crippen LogP contribution in [-0.2, 0) is 16.6 Å². The van der Waals surface area contributed by atoms with Gasteiger partial charge in [0.2, 0.25) is 10.0 Å². The molecule has 2 rings (SSSR count). The fraction of sp³-hybridized carbons (Fsp3) is 0.769. The standard InChI is InChI=1S/C13H24N4O3S/c1-12(2)10-15-3-5-17(6-4-15)21(19,20)13-9-14-16(11-13)7-8-18/h9,11-12,18H,3-8,10H2,1-2H3. The van der Waals surface area contributed by atoms with Crippen LogP contribution in [0.4, 0.5) is 0 Å². The topological polar surface area (TPSA) is 78.7 Å². The van der Waals surface area contributed by atoms with Crippen LogP contribution < -0.4 is 0 Å². The van der Waals surface area contributed by atoms with Gasteiger partial charge >= 0.3 is 0 Å². The number of piperazine rings is 1. The van der Waals surface area contributed by atoms with E-state index in [4.69, 9.17) is 5.11 Å². The molecule has 0 saturated carbocycles. The molecule has 0 atom stereocenters. The summed E-state index contributed by atoms with van der Waals surface area (Å²) in [6, 6.07) is 0. The van der Waals surface area contributed by atoms with Crippen molar-refractivity contribution in [1.29, 1.82) is 0 Å². The Morgan fingerprint density at radius 3 is 2.52 bits per heavy atom. The lowest BCUT2D eigenvalue weighted by Crippen LogP contribution is -2.49. The van der Waals surface area contributed by atoms with Crippen molar-refractivity contribution < 1.29 is 13.5 Å². The fourth-order valence-electron chi connectivity index (χ4n) is 2.52. The van der Waals surface area contributed by atoms with Gasteiger partial charge in [0.05, 0.1) is 19.3 Å². The minimum Gasteiger partial charge on any atom is -0.394 e. The zero-order valence-corrected chi connectivity index (χ0v) is 13.5. The number of sulfonamides is 1. The normalized spacial score (nSPS) is 18.5. The van der Waals surface area contributed by atoms with Crippen LogP contribution in [0.2, 0.25) is 0 Å². The number of nitrogens with zero attached hydrogens (tertiary/aromatic N) is 4. The lowest BCUT2D eigenvalue weighted by molar-refractivity contribution is 0.172. The van der Waals surface area contributed by atoms with Gasteiger partial charge in [0.15, 0.2) is 0 Å². The molecule has 0 spiro atoms. The third-order valence-corrected chi connectivity index (χ3v) is 5.38. The summed E-state index contributed by atoms with van der Waals surface area (Å²) in [5, 5.41) is 12.8. The van der Waals surface area contributed by atoms with Gasteiger partial charge in [-0.05, 0) is 5.92 Å². The molecule has 21 heavy (non-hydrogen) atoms. The van der Waals surface area contributed by atoms with Crippen molar-refractivity contribution in [3.63, 3.8) is 0 Å². The highest BCUT2D eigenvalue weighted by Crippen LogP contribution is 2.17. The molecule has 0 amide bonds. The molecular weight excluding hydrogens is 292 g/mol. The smallest absolute Gasteiger partial charge is 0.246 e. The van der Waals surface area contributed by atoms with Gasteiger partial charge in [0.25, 0.3) is 0 Å². The summed E-state index contributed by atoms with van der Waals surface area (Å²) in [7, 11) is -3.47. The van der Waals surface area contributed by atoms with E-state index in [9.17, 15) is 8.42 Å². The number of aliphatic hydroxyl groups excluding tert-OH is 1. The van der Waals surface area contributed by atoms with Gasteiger partial charge in [-0.2, -0.15) is 9.40 Å². The summed E-state index contributed by atoms with van der Waals surface area (Å²) < 4.78 is 28.0. The first-order valence-corrected chi connectivity index (χ1v) is 8.73. The minimum atomic E-state index is -3.47. The molecular formula is C13H24N4O3S. The van der Waals surface area contributed by atoms with Gasteiger partial charge < -0.3 is 10.0 Å². The largest absolute Gasteiger partial charge is 0.394 e. The van der Waals surface area contributed by atoms with Crippen LogP contribution in [0.25, 0.3) is 0 Å². The van der Waals surface area contributed by atoms with Crippen molar-refractivity contribution in [2.75, 3.05) is 39.3 Å². The molecule has 0 unspecified atom stereocenters. The van der Waals surface area contributed by atoms with E-state index in [1.54, 1.807) is 0 Å². The van der Waals surface area contributed by atoms with Crippen LogP contribution >= 0.6 is 0 Å². The Labute approximate surface area is 126 Å². The van der Waals surface area contributed by atoms with E-state index < -0.39 is 10.0 Å². The average molecular weight is 316 g/mol. The molecule has 120 valence electrons. The quantitative estimate of drug-likeness (QED) is 0.789. The number of aromatic nitrogens is 2. The molecule has 1 saturated heterocycles. The predicted molar refractivity (Wildman–Crippen MR) is 79.3 cm³/mol. The maximum Gasteiger partial charge on any atom is 0.246 e. The average Bonchev–Trinajstić information content (AvgIpc) is 2.88. The van der Waals surface area contributed by atoms with Crippen LogP contribution in [0.3, 0.4) is 0 Å². The Morgan fingerprint density at radius 2 is 1.95 bits per heavy atom. The second kappa shape index (κ2) is 6.87. The third-order valence-electron chi connectivity index (χ3n) is 3.53. The first-order chi connectivity index (χ1) is 9.93. The first-order valence-electron chi connectivity index (χ1n) is 7.29. The van der Waals surface area contributed by atoms with Gasteiger partial charge in [-0.25, -0.2) is 8.42 Å². The van der Waals surface area contributed by atoms with Crippen LogP contribution in [0.1, 0.15) is 13.8 Å². The van der Waals surface area contributed by atoms with Gasteiger partial charge in [-0.1, -0.05) is 13.8 Å². The van der Waals surface area contributed by atoms with Gasteiger partial charge in [-0.3, -0.25) is 4.68 Å². The van der Waals surface area contributed by atoms with Gasteiger partial charge in [0, 0.05) is 38.9 Å². The molecule has 2 heterocycles. The number of rotatable bonds is 6.